The monoisotopic (exact) mass is 709 g/mol. The summed E-state index contributed by atoms with van der Waals surface area (Å²) in [6, 6.07) is -3.58. The van der Waals surface area contributed by atoms with E-state index in [9.17, 15) is 37.5 Å². The topological polar surface area (TPSA) is 191 Å². The molecule has 5 amide bonds. The molecule has 1 aliphatic heterocycles. The lowest BCUT2D eigenvalue weighted by Crippen LogP contribution is -2.64. The number of amides is 5. The zero-order chi connectivity index (χ0) is 36.4. The van der Waals surface area contributed by atoms with Crippen molar-refractivity contribution in [1.29, 1.82) is 0 Å². The first-order chi connectivity index (χ1) is 22.8. The Morgan fingerprint density at radius 2 is 1.57 bits per heavy atom. The standard InChI is InChI=1S/C35H59N5O8S/c1-7-12-25(27(42)30(44)36-23-15-16-23)37-29(43)26-24-14-11-13-22(24)19-40(26)31(45)28(33(2,3)4)38-32(46)39-35(17-9-8-10-18-35)21-49(47,48)34(5,6)20-41/h22-26,28,41H,7-21H2,1-6H3,(H,36,44)(H,37,43)(H2,38,39,46)/t22-,24-,25-,26-,28+/m0/s1. The van der Waals surface area contributed by atoms with Gasteiger partial charge in [-0.15, -0.1) is 0 Å². The Balaban J connectivity index is 1.54. The number of Topliss-reactive ketones (excluding diaryl/α,β-unsaturated/α-hetero) is 1. The third kappa shape index (κ3) is 9.14. The van der Waals surface area contributed by atoms with Crippen molar-refractivity contribution in [3.63, 3.8) is 0 Å². The van der Waals surface area contributed by atoms with Crippen LogP contribution in [-0.4, -0.2) is 101 Å². The third-order valence-corrected chi connectivity index (χ3v) is 13.8. The van der Waals surface area contributed by atoms with Gasteiger partial charge in [0.05, 0.1) is 28.7 Å². The number of hydrogen-bond donors (Lipinski definition) is 5. The molecule has 0 radical (unpaired) electrons. The number of urea groups is 1. The molecule has 4 fully saturated rings. The largest absolute Gasteiger partial charge is 0.395 e. The lowest BCUT2D eigenvalue weighted by atomic mass is 9.83. The molecule has 5 atom stereocenters. The van der Waals surface area contributed by atoms with Crippen LogP contribution in [-0.2, 0) is 29.0 Å². The minimum absolute atomic E-state index is 0.000400. The van der Waals surface area contributed by atoms with Gasteiger partial charge in [0.15, 0.2) is 9.84 Å². The predicted molar refractivity (Wildman–Crippen MR) is 185 cm³/mol. The number of carbonyl (C=O) groups excluding carboxylic acids is 5. The van der Waals surface area contributed by atoms with Gasteiger partial charge in [0.1, 0.15) is 12.1 Å². The number of rotatable bonds is 14. The molecule has 0 unspecified atom stereocenters. The zero-order valence-electron chi connectivity index (χ0n) is 30.2. The maximum atomic E-state index is 14.5. The molecule has 1 heterocycles. The molecule has 0 aromatic carbocycles. The maximum Gasteiger partial charge on any atom is 0.315 e. The molecule has 0 spiro atoms. The fourth-order valence-electron chi connectivity index (χ4n) is 7.74. The highest BCUT2D eigenvalue weighted by Gasteiger charge is 2.52. The summed E-state index contributed by atoms with van der Waals surface area (Å²) in [4.78, 5) is 69.5. The van der Waals surface area contributed by atoms with Crippen LogP contribution in [0.2, 0.25) is 0 Å². The fraction of sp³-hybridized carbons (Fsp3) is 0.857. The van der Waals surface area contributed by atoms with Gasteiger partial charge in [0.2, 0.25) is 17.6 Å². The highest BCUT2D eigenvalue weighted by Crippen LogP contribution is 2.43. The molecule has 1 saturated heterocycles. The van der Waals surface area contributed by atoms with Crippen molar-refractivity contribution >= 4 is 39.4 Å². The Kier molecular flexibility index (Phi) is 12.2. The van der Waals surface area contributed by atoms with Gasteiger partial charge in [-0.25, -0.2) is 13.2 Å². The lowest BCUT2D eigenvalue weighted by molar-refractivity contribution is -0.144. The molecular weight excluding hydrogens is 650 g/mol. The average Bonchev–Trinajstić information content (AvgIpc) is 3.58. The number of ketones is 1. The van der Waals surface area contributed by atoms with Crippen LogP contribution in [0.1, 0.15) is 119 Å². The van der Waals surface area contributed by atoms with Crippen molar-refractivity contribution in [3.05, 3.63) is 0 Å². The van der Waals surface area contributed by atoms with Crippen molar-refractivity contribution < 1.29 is 37.5 Å². The number of likely N-dealkylation sites (tertiary alicyclic amines) is 1. The normalized spacial score (nSPS) is 25.1. The summed E-state index contributed by atoms with van der Waals surface area (Å²) >= 11 is 0. The van der Waals surface area contributed by atoms with Crippen molar-refractivity contribution in [1.82, 2.24) is 26.2 Å². The highest BCUT2D eigenvalue weighted by molar-refractivity contribution is 7.92. The molecule has 4 rings (SSSR count). The molecule has 4 aliphatic rings. The van der Waals surface area contributed by atoms with Crippen molar-refractivity contribution in [2.24, 2.45) is 17.3 Å². The molecule has 49 heavy (non-hydrogen) atoms. The number of nitrogens with one attached hydrogen (secondary N) is 4. The summed E-state index contributed by atoms with van der Waals surface area (Å²) in [5.41, 5.74) is -1.84. The Labute approximate surface area is 291 Å². The molecule has 0 aromatic heterocycles. The summed E-state index contributed by atoms with van der Waals surface area (Å²) in [6.07, 6.45) is 8.30. The quantitative estimate of drug-likeness (QED) is 0.170. The van der Waals surface area contributed by atoms with Gasteiger partial charge in [-0.2, -0.15) is 0 Å². The van der Waals surface area contributed by atoms with Crippen LogP contribution in [0.3, 0.4) is 0 Å². The number of fused-ring (bicyclic) bond motifs is 1. The predicted octanol–water partition coefficient (Wildman–Crippen LogP) is 2.35. The van der Waals surface area contributed by atoms with Crippen LogP contribution in [0.4, 0.5) is 4.79 Å². The average molecular weight is 710 g/mol. The SMILES string of the molecule is CCC[C@H](NC(=O)[C@@H]1[C@H]2CCC[C@H]2CN1C(=O)[C@@H](NC(=O)NC1(CS(=O)(=O)C(C)(C)CO)CCCCC1)C(C)(C)C)C(=O)C(=O)NC1CC1. The summed E-state index contributed by atoms with van der Waals surface area (Å²) < 4.78 is 25.4. The first kappa shape index (κ1) is 39.1. The maximum absolute atomic E-state index is 14.5. The molecule has 14 heteroatoms. The van der Waals surface area contributed by atoms with E-state index in [-0.39, 0.29) is 30.1 Å². The van der Waals surface area contributed by atoms with E-state index in [2.05, 4.69) is 21.3 Å². The summed E-state index contributed by atoms with van der Waals surface area (Å²) in [5.74, 6) is -2.63. The van der Waals surface area contributed by atoms with E-state index < -0.39 is 79.8 Å². The number of hydrogen-bond acceptors (Lipinski definition) is 8. The summed E-state index contributed by atoms with van der Waals surface area (Å²) in [5, 5.41) is 21.1. The van der Waals surface area contributed by atoms with Gasteiger partial charge in [0.25, 0.3) is 5.91 Å². The number of carbonyl (C=O) groups is 5. The van der Waals surface area contributed by atoms with E-state index in [1.165, 1.54) is 13.8 Å². The van der Waals surface area contributed by atoms with E-state index in [0.29, 0.717) is 25.8 Å². The molecule has 3 saturated carbocycles. The Morgan fingerprint density at radius 3 is 2.14 bits per heavy atom. The van der Waals surface area contributed by atoms with Crippen molar-refractivity contribution in [2.45, 2.75) is 153 Å². The molecule has 13 nitrogen and oxygen atoms in total. The highest BCUT2D eigenvalue weighted by atomic mass is 32.2. The van der Waals surface area contributed by atoms with Crippen LogP contribution in [0.15, 0.2) is 0 Å². The van der Waals surface area contributed by atoms with Crippen molar-refractivity contribution in [3.8, 4) is 0 Å². The van der Waals surface area contributed by atoms with Crippen molar-refractivity contribution in [2.75, 3.05) is 18.9 Å². The summed E-state index contributed by atoms with van der Waals surface area (Å²) in [6.45, 7) is 10.1. The molecule has 278 valence electrons. The second-order valence-corrected chi connectivity index (χ2v) is 19.3. The smallest absolute Gasteiger partial charge is 0.315 e. The number of nitrogens with zero attached hydrogens (tertiary/aromatic N) is 1. The number of aliphatic hydroxyl groups excluding tert-OH is 1. The fourth-order valence-corrected chi connectivity index (χ4v) is 9.41. The molecule has 0 bridgehead atoms. The lowest BCUT2D eigenvalue weighted by Gasteiger charge is -2.41. The van der Waals surface area contributed by atoms with E-state index in [1.807, 2.05) is 27.7 Å². The van der Waals surface area contributed by atoms with Gasteiger partial charge in [-0.3, -0.25) is 19.2 Å². The first-order valence-corrected chi connectivity index (χ1v) is 19.9. The molecule has 5 N–H and O–H groups in total. The van der Waals surface area contributed by atoms with Crippen LogP contribution in [0, 0.1) is 17.3 Å². The van der Waals surface area contributed by atoms with E-state index in [1.54, 1.807) is 4.90 Å². The number of sulfone groups is 1. The second-order valence-electron chi connectivity index (χ2n) is 16.7. The van der Waals surface area contributed by atoms with Gasteiger partial charge >= 0.3 is 6.03 Å². The zero-order valence-corrected chi connectivity index (χ0v) is 31.0. The Morgan fingerprint density at radius 1 is 0.918 bits per heavy atom. The van der Waals surface area contributed by atoms with Crippen LogP contribution >= 0.6 is 0 Å². The minimum atomic E-state index is -3.82. The van der Waals surface area contributed by atoms with Gasteiger partial charge in [-0.05, 0) is 76.0 Å². The van der Waals surface area contributed by atoms with Crippen LogP contribution in [0.5, 0.6) is 0 Å². The van der Waals surface area contributed by atoms with Crippen LogP contribution < -0.4 is 21.3 Å². The van der Waals surface area contributed by atoms with Gasteiger partial charge in [0, 0.05) is 12.6 Å². The minimum Gasteiger partial charge on any atom is -0.395 e. The van der Waals surface area contributed by atoms with Crippen LogP contribution in [0.25, 0.3) is 0 Å². The van der Waals surface area contributed by atoms with E-state index >= 15 is 0 Å². The third-order valence-electron chi connectivity index (χ3n) is 11.1. The molecule has 3 aliphatic carbocycles. The Hall–Kier alpha value is -2.74. The van der Waals surface area contributed by atoms with E-state index in [4.69, 9.17) is 0 Å². The summed E-state index contributed by atoms with van der Waals surface area (Å²) in [7, 11) is -3.82. The second kappa shape index (κ2) is 15.2. The Bertz CT molecular complexity index is 1370. The molecule has 0 aromatic rings. The van der Waals surface area contributed by atoms with Gasteiger partial charge in [-0.1, -0.05) is 59.8 Å². The first-order valence-electron chi connectivity index (χ1n) is 18.2. The molecular formula is C35H59N5O8S. The van der Waals surface area contributed by atoms with Gasteiger partial charge < -0.3 is 31.3 Å². The van der Waals surface area contributed by atoms with E-state index in [0.717, 1.165) is 51.4 Å². The number of aliphatic hydroxyl groups is 1.